The first-order valence-electron chi connectivity index (χ1n) is 6.81. The van der Waals surface area contributed by atoms with Gasteiger partial charge in [0.2, 0.25) is 0 Å². The number of aliphatic carboxylic acids is 1. The van der Waals surface area contributed by atoms with E-state index in [-0.39, 0.29) is 13.0 Å². The molecule has 1 aromatic rings. The second-order valence-electron chi connectivity index (χ2n) is 5.32. The lowest BCUT2D eigenvalue weighted by Crippen LogP contribution is -2.40. The number of carboxylic acid groups (broad SMARTS) is 1. The minimum Gasteiger partial charge on any atom is -0.481 e. The minimum absolute atomic E-state index is 0.0510. The van der Waals surface area contributed by atoms with Crippen LogP contribution in [0.5, 0.6) is 0 Å². The van der Waals surface area contributed by atoms with Crippen LogP contribution in [0.3, 0.4) is 0 Å². The summed E-state index contributed by atoms with van der Waals surface area (Å²) in [5.74, 6) is -0.995. The standard InChI is InChI=1S/C15H17F3O3/c16-15(17,18)10-21-9-8-14(13(19)20)7-3-5-11-4-1-2-6-12(11)14/h1-2,4,6H,3,5,7-10H2,(H,19,20). The summed E-state index contributed by atoms with van der Waals surface area (Å²) in [6, 6.07) is 7.24. The monoisotopic (exact) mass is 302 g/mol. The van der Waals surface area contributed by atoms with Gasteiger partial charge in [-0.1, -0.05) is 24.3 Å². The van der Waals surface area contributed by atoms with Crippen molar-refractivity contribution in [1.29, 1.82) is 0 Å². The van der Waals surface area contributed by atoms with Crippen molar-refractivity contribution in [3.8, 4) is 0 Å². The van der Waals surface area contributed by atoms with Gasteiger partial charge in [-0.25, -0.2) is 0 Å². The maximum Gasteiger partial charge on any atom is 0.411 e. The first-order valence-corrected chi connectivity index (χ1v) is 6.81. The predicted octanol–water partition coefficient (Wildman–Crippen LogP) is 3.31. The molecule has 6 heteroatoms. The Morgan fingerprint density at radius 3 is 2.71 bits per heavy atom. The maximum atomic E-state index is 12.1. The predicted molar refractivity (Wildman–Crippen MR) is 70.2 cm³/mol. The first kappa shape index (κ1) is 15.8. The molecule has 0 saturated carbocycles. The van der Waals surface area contributed by atoms with Crippen LogP contribution in [0.4, 0.5) is 13.2 Å². The third-order valence-electron chi connectivity index (χ3n) is 3.93. The zero-order valence-electron chi connectivity index (χ0n) is 11.4. The fourth-order valence-corrected chi connectivity index (χ4v) is 2.94. The minimum atomic E-state index is -4.39. The van der Waals surface area contributed by atoms with Crippen molar-refractivity contribution < 1.29 is 27.8 Å². The van der Waals surface area contributed by atoms with Gasteiger partial charge in [-0.05, 0) is 36.8 Å². The number of fused-ring (bicyclic) bond motifs is 1. The molecule has 0 aliphatic heterocycles. The Hall–Kier alpha value is -1.56. The molecule has 1 aliphatic carbocycles. The second-order valence-corrected chi connectivity index (χ2v) is 5.32. The van der Waals surface area contributed by atoms with Gasteiger partial charge in [-0.3, -0.25) is 4.79 Å². The van der Waals surface area contributed by atoms with Gasteiger partial charge in [0.1, 0.15) is 6.61 Å². The molecule has 0 saturated heterocycles. The molecule has 116 valence electrons. The average Bonchev–Trinajstić information content (AvgIpc) is 2.42. The highest BCUT2D eigenvalue weighted by Crippen LogP contribution is 2.40. The topological polar surface area (TPSA) is 46.5 Å². The van der Waals surface area contributed by atoms with Crippen LogP contribution in [0.2, 0.25) is 0 Å². The largest absolute Gasteiger partial charge is 0.481 e. The highest BCUT2D eigenvalue weighted by molar-refractivity contribution is 5.82. The van der Waals surface area contributed by atoms with E-state index in [1.54, 1.807) is 12.1 Å². The first-order chi connectivity index (χ1) is 9.85. The SMILES string of the molecule is O=C(O)C1(CCOCC(F)(F)F)CCCc2ccccc21. The summed E-state index contributed by atoms with van der Waals surface area (Å²) >= 11 is 0. The average molecular weight is 302 g/mol. The van der Waals surface area contributed by atoms with Crippen molar-refractivity contribution in [2.45, 2.75) is 37.3 Å². The molecule has 0 radical (unpaired) electrons. The van der Waals surface area contributed by atoms with Gasteiger partial charge in [-0.2, -0.15) is 13.2 Å². The van der Waals surface area contributed by atoms with E-state index >= 15 is 0 Å². The summed E-state index contributed by atoms with van der Waals surface area (Å²) in [5.41, 5.74) is 0.529. The van der Waals surface area contributed by atoms with Crippen molar-refractivity contribution in [1.82, 2.24) is 0 Å². The van der Waals surface area contributed by atoms with Gasteiger partial charge >= 0.3 is 12.1 Å². The molecule has 1 aromatic carbocycles. The van der Waals surface area contributed by atoms with E-state index in [1.165, 1.54) is 0 Å². The molecule has 2 rings (SSSR count). The third-order valence-corrected chi connectivity index (χ3v) is 3.93. The van der Waals surface area contributed by atoms with Crippen molar-refractivity contribution in [3.63, 3.8) is 0 Å². The van der Waals surface area contributed by atoms with Crippen LogP contribution in [0.15, 0.2) is 24.3 Å². The van der Waals surface area contributed by atoms with Gasteiger partial charge in [0.15, 0.2) is 0 Å². The van der Waals surface area contributed by atoms with E-state index < -0.39 is 24.2 Å². The summed E-state index contributed by atoms with van der Waals surface area (Å²) in [5, 5.41) is 9.62. The van der Waals surface area contributed by atoms with Crippen molar-refractivity contribution in [3.05, 3.63) is 35.4 Å². The number of benzene rings is 1. The van der Waals surface area contributed by atoms with Gasteiger partial charge in [-0.15, -0.1) is 0 Å². The number of hydrogen-bond acceptors (Lipinski definition) is 2. The molecule has 0 fully saturated rings. The van der Waals surface area contributed by atoms with E-state index in [0.717, 1.165) is 12.0 Å². The molecule has 1 aliphatic rings. The number of hydrogen-bond donors (Lipinski definition) is 1. The quantitative estimate of drug-likeness (QED) is 0.849. The summed E-state index contributed by atoms with van der Waals surface area (Å²) in [6.07, 6.45) is -2.40. The molecule has 1 unspecified atom stereocenters. The van der Waals surface area contributed by atoms with E-state index in [1.807, 2.05) is 12.1 Å². The van der Waals surface area contributed by atoms with Crippen LogP contribution in [0.25, 0.3) is 0 Å². The molecular formula is C15H17F3O3. The van der Waals surface area contributed by atoms with Crippen LogP contribution in [0, 0.1) is 0 Å². The lowest BCUT2D eigenvalue weighted by molar-refractivity contribution is -0.175. The lowest BCUT2D eigenvalue weighted by Gasteiger charge is -2.35. The van der Waals surface area contributed by atoms with E-state index in [4.69, 9.17) is 0 Å². The number of rotatable bonds is 5. The van der Waals surface area contributed by atoms with E-state index in [2.05, 4.69) is 4.74 Å². The van der Waals surface area contributed by atoms with Gasteiger partial charge in [0.25, 0.3) is 0 Å². The van der Waals surface area contributed by atoms with Crippen molar-refractivity contribution in [2.24, 2.45) is 0 Å². The smallest absolute Gasteiger partial charge is 0.411 e. The van der Waals surface area contributed by atoms with Gasteiger partial charge in [0, 0.05) is 6.61 Å². The molecule has 0 spiro atoms. The molecule has 1 N–H and O–H groups in total. The molecule has 3 nitrogen and oxygen atoms in total. The second kappa shape index (κ2) is 6.05. The Balaban J connectivity index is 2.14. The van der Waals surface area contributed by atoms with Crippen LogP contribution in [-0.2, 0) is 21.4 Å². The molecule has 1 atom stereocenters. The number of alkyl halides is 3. The highest BCUT2D eigenvalue weighted by atomic mass is 19.4. The van der Waals surface area contributed by atoms with Crippen molar-refractivity contribution in [2.75, 3.05) is 13.2 Å². The lowest BCUT2D eigenvalue weighted by atomic mass is 9.68. The number of carboxylic acids is 1. The van der Waals surface area contributed by atoms with Crippen LogP contribution in [0.1, 0.15) is 30.4 Å². The van der Waals surface area contributed by atoms with Crippen LogP contribution < -0.4 is 0 Å². The molecular weight excluding hydrogens is 285 g/mol. The third kappa shape index (κ3) is 3.56. The molecule has 0 heterocycles. The van der Waals surface area contributed by atoms with Crippen LogP contribution in [-0.4, -0.2) is 30.5 Å². The Morgan fingerprint density at radius 2 is 2.05 bits per heavy atom. The Bertz CT molecular complexity index is 513. The Kier molecular flexibility index (Phi) is 4.56. The summed E-state index contributed by atoms with van der Waals surface area (Å²) in [6.45, 7) is -1.56. The zero-order valence-corrected chi connectivity index (χ0v) is 11.4. The number of ether oxygens (including phenoxy) is 1. The van der Waals surface area contributed by atoms with Crippen LogP contribution >= 0.6 is 0 Å². The van der Waals surface area contributed by atoms with Gasteiger partial charge in [0.05, 0.1) is 5.41 Å². The Labute approximate surface area is 120 Å². The molecule has 0 bridgehead atoms. The molecule has 0 aromatic heterocycles. The number of carbonyl (C=O) groups is 1. The number of aryl methyl sites for hydroxylation is 1. The molecule has 0 amide bonds. The summed E-state index contributed by atoms with van der Waals surface area (Å²) < 4.78 is 40.8. The molecule has 21 heavy (non-hydrogen) atoms. The summed E-state index contributed by atoms with van der Waals surface area (Å²) in [7, 11) is 0. The fourth-order valence-electron chi connectivity index (χ4n) is 2.94. The Morgan fingerprint density at radius 1 is 1.33 bits per heavy atom. The summed E-state index contributed by atoms with van der Waals surface area (Å²) in [4.78, 5) is 11.8. The zero-order chi connectivity index (χ0) is 15.5. The van der Waals surface area contributed by atoms with E-state index in [0.29, 0.717) is 18.4 Å². The highest BCUT2D eigenvalue weighted by Gasteiger charge is 2.43. The maximum absolute atomic E-state index is 12.1. The normalized spacial score (nSPS) is 21.9. The number of halogens is 3. The van der Waals surface area contributed by atoms with E-state index in [9.17, 15) is 23.1 Å². The van der Waals surface area contributed by atoms with Crippen molar-refractivity contribution >= 4 is 5.97 Å². The van der Waals surface area contributed by atoms with Gasteiger partial charge < -0.3 is 9.84 Å². The fraction of sp³-hybridized carbons (Fsp3) is 0.533.